The lowest BCUT2D eigenvalue weighted by molar-refractivity contribution is -0.141. The molecule has 0 fully saturated rings. The van der Waals surface area contributed by atoms with Crippen molar-refractivity contribution < 1.29 is 14.3 Å². The molecule has 0 aliphatic heterocycles. The molecule has 0 bridgehead atoms. The maximum Gasteiger partial charge on any atom is 0.242 e. The maximum atomic E-state index is 13.4. The Hall–Kier alpha value is -2.31. The first-order chi connectivity index (χ1) is 16.3. The van der Waals surface area contributed by atoms with Gasteiger partial charge in [-0.25, -0.2) is 0 Å². The number of ether oxygens (including phenoxy) is 1. The van der Waals surface area contributed by atoms with Crippen molar-refractivity contribution in [1.29, 1.82) is 0 Å². The summed E-state index contributed by atoms with van der Waals surface area (Å²) in [7, 11) is 1.65. The summed E-state index contributed by atoms with van der Waals surface area (Å²) in [5.41, 5.74) is 2.08. The van der Waals surface area contributed by atoms with Crippen LogP contribution in [0.25, 0.3) is 0 Å². The number of amides is 2. The molecule has 1 aromatic heterocycles. The lowest BCUT2D eigenvalue weighted by Crippen LogP contribution is -2.44. The van der Waals surface area contributed by atoms with Gasteiger partial charge in [0, 0.05) is 56.7 Å². The van der Waals surface area contributed by atoms with E-state index in [4.69, 9.17) is 16.3 Å². The van der Waals surface area contributed by atoms with Crippen molar-refractivity contribution in [2.45, 2.75) is 59.5 Å². The third-order valence-electron chi connectivity index (χ3n) is 5.71. The number of methoxy groups -OCH3 is 1. The Morgan fingerprint density at radius 1 is 1.06 bits per heavy atom. The number of benzene rings is 1. The minimum atomic E-state index is -0.0264. The summed E-state index contributed by atoms with van der Waals surface area (Å²) in [5, 5.41) is 0.731. The topological polar surface area (TPSA) is 54.8 Å². The average molecular weight is 490 g/mol. The first-order valence-corrected chi connectivity index (χ1v) is 12.6. The fraction of sp³-hybridized carbons (Fsp3) is 0.556. The molecular weight excluding hydrogens is 450 g/mol. The minimum absolute atomic E-state index is 0.0264. The number of carbonyl (C=O) groups is 2. The van der Waals surface area contributed by atoms with E-state index in [-0.39, 0.29) is 18.4 Å². The van der Waals surface area contributed by atoms with Gasteiger partial charge in [0.25, 0.3) is 0 Å². The normalized spacial score (nSPS) is 11.1. The molecule has 0 unspecified atom stereocenters. The van der Waals surface area contributed by atoms with Gasteiger partial charge >= 0.3 is 0 Å². The van der Waals surface area contributed by atoms with Gasteiger partial charge in [0.05, 0.1) is 13.1 Å². The van der Waals surface area contributed by atoms with Crippen LogP contribution < -0.4 is 0 Å². The van der Waals surface area contributed by atoms with Crippen LogP contribution in [-0.2, 0) is 27.4 Å². The number of carbonyl (C=O) groups excluding carboxylic acids is 2. The molecule has 0 atom stereocenters. The summed E-state index contributed by atoms with van der Waals surface area (Å²) in [6, 6.07) is 11.8. The maximum absolute atomic E-state index is 13.4. The van der Waals surface area contributed by atoms with Gasteiger partial charge in [0.15, 0.2) is 0 Å². The van der Waals surface area contributed by atoms with E-state index in [0.717, 1.165) is 29.1 Å². The summed E-state index contributed by atoms with van der Waals surface area (Å²) in [4.78, 5) is 29.8. The van der Waals surface area contributed by atoms with E-state index in [0.29, 0.717) is 51.5 Å². The molecule has 2 amide bonds. The summed E-state index contributed by atoms with van der Waals surface area (Å²) in [6.45, 7) is 9.23. The Kier molecular flexibility index (Phi) is 12.2. The zero-order valence-corrected chi connectivity index (χ0v) is 21.9. The lowest BCUT2D eigenvalue weighted by atomic mass is 10.2. The molecule has 6 nitrogen and oxygen atoms in total. The van der Waals surface area contributed by atoms with Gasteiger partial charge in [-0.2, -0.15) is 0 Å². The highest BCUT2D eigenvalue weighted by atomic mass is 35.5. The van der Waals surface area contributed by atoms with Crippen molar-refractivity contribution in [3.05, 3.63) is 58.9 Å². The van der Waals surface area contributed by atoms with E-state index in [2.05, 4.69) is 25.3 Å². The Labute approximate surface area is 209 Å². The van der Waals surface area contributed by atoms with Crippen molar-refractivity contribution >= 4 is 23.4 Å². The van der Waals surface area contributed by atoms with E-state index in [1.165, 1.54) is 0 Å². The number of unbranched alkanes of at least 4 members (excludes halogenated alkanes) is 1. The van der Waals surface area contributed by atoms with Crippen molar-refractivity contribution in [1.82, 2.24) is 14.4 Å². The molecule has 0 spiro atoms. The molecule has 1 aromatic carbocycles. The fourth-order valence-corrected chi connectivity index (χ4v) is 4.08. The van der Waals surface area contributed by atoms with Gasteiger partial charge in [-0.05, 0) is 42.5 Å². The number of rotatable bonds is 15. The Morgan fingerprint density at radius 2 is 1.82 bits per heavy atom. The molecule has 0 aliphatic rings. The minimum Gasteiger partial charge on any atom is -0.385 e. The second kappa shape index (κ2) is 14.8. The molecule has 34 heavy (non-hydrogen) atoms. The largest absolute Gasteiger partial charge is 0.385 e. The van der Waals surface area contributed by atoms with Gasteiger partial charge in [-0.15, -0.1) is 0 Å². The van der Waals surface area contributed by atoms with E-state index < -0.39 is 0 Å². The van der Waals surface area contributed by atoms with Crippen LogP contribution in [0.15, 0.2) is 42.6 Å². The number of aromatic nitrogens is 1. The quantitative estimate of drug-likeness (QED) is 0.322. The zero-order valence-electron chi connectivity index (χ0n) is 21.1. The smallest absolute Gasteiger partial charge is 0.242 e. The van der Waals surface area contributed by atoms with Crippen LogP contribution >= 0.6 is 11.6 Å². The second-order valence-corrected chi connectivity index (χ2v) is 9.56. The lowest BCUT2D eigenvalue weighted by Gasteiger charge is -2.29. The molecule has 1 heterocycles. The van der Waals surface area contributed by atoms with Crippen LogP contribution in [0.3, 0.4) is 0 Å². The zero-order chi connectivity index (χ0) is 24.9. The Bertz CT molecular complexity index is 897. The SMILES string of the molecule is CCCCC(=O)N(CCCOC)CC(=O)N(Cc1cccn1Cc1ccccc1Cl)CC(C)C. The van der Waals surface area contributed by atoms with Crippen LogP contribution in [0.5, 0.6) is 0 Å². The van der Waals surface area contributed by atoms with Crippen molar-refractivity contribution in [2.75, 3.05) is 33.4 Å². The van der Waals surface area contributed by atoms with E-state index in [1.54, 1.807) is 12.0 Å². The van der Waals surface area contributed by atoms with Crippen LogP contribution in [0.1, 0.15) is 57.7 Å². The molecule has 2 rings (SSSR count). The summed E-state index contributed by atoms with van der Waals surface area (Å²) in [5.74, 6) is 0.327. The number of halogens is 1. The summed E-state index contributed by atoms with van der Waals surface area (Å²) >= 11 is 6.37. The Morgan fingerprint density at radius 3 is 2.50 bits per heavy atom. The predicted octanol–water partition coefficient (Wildman–Crippen LogP) is 5.23. The highest BCUT2D eigenvalue weighted by Crippen LogP contribution is 2.18. The fourth-order valence-electron chi connectivity index (χ4n) is 3.89. The highest BCUT2D eigenvalue weighted by molar-refractivity contribution is 6.31. The van der Waals surface area contributed by atoms with Crippen LogP contribution in [0.4, 0.5) is 0 Å². The summed E-state index contributed by atoms with van der Waals surface area (Å²) < 4.78 is 7.28. The van der Waals surface area contributed by atoms with Gasteiger partial charge in [-0.3, -0.25) is 9.59 Å². The van der Waals surface area contributed by atoms with Gasteiger partial charge < -0.3 is 19.1 Å². The van der Waals surface area contributed by atoms with Gasteiger partial charge in [0.2, 0.25) is 11.8 Å². The molecule has 188 valence electrons. The highest BCUT2D eigenvalue weighted by Gasteiger charge is 2.22. The monoisotopic (exact) mass is 489 g/mol. The Balaban J connectivity index is 2.15. The van der Waals surface area contributed by atoms with E-state index >= 15 is 0 Å². The predicted molar refractivity (Wildman–Crippen MR) is 138 cm³/mol. The molecular formula is C27H40ClN3O3. The summed E-state index contributed by atoms with van der Waals surface area (Å²) in [6.07, 6.45) is 4.99. The molecule has 0 N–H and O–H groups in total. The molecule has 2 aromatic rings. The molecule has 7 heteroatoms. The third-order valence-corrected chi connectivity index (χ3v) is 6.08. The number of nitrogens with zero attached hydrogens (tertiary/aromatic N) is 3. The molecule has 0 radical (unpaired) electrons. The van der Waals surface area contributed by atoms with Gasteiger partial charge in [0.1, 0.15) is 0 Å². The first-order valence-electron chi connectivity index (χ1n) is 12.3. The number of hydrogen-bond donors (Lipinski definition) is 0. The molecule has 0 saturated carbocycles. The molecule has 0 aliphatic carbocycles. The second-order valence-electron chi connectivity index (χ2n) is 9.15. The van der Waals surface area contributed by atoms with Crippen LogP contribution in [0.2, 0.25) is 5.02 Å². The van der Waals surface area contributed by atoms with E-state index in [1.807, 2.05) is 47.5 Å². The van der Waals surface area contributed by atoms with Crippen LogP contribution in [-0.4, -0.2) is 59.5 Å². The van der Waals surface area contributed by atoms with Crippen molar-refractivity contribution in [3.8, 4) is 0 Å². The van der Waals surface area contributed by atoms with Crippen molar-refractivity contribution in [2.24, 2.45) is 5.92 Å². The molecule has 0 saturated heterocycles. The standard InChI is InChI=1S/C27H40ClN3O3/c1-5-6-14-26(32)30(16-10-17-34-4)21-27(33)31(18-22(2)3)20-24-12-9-15-29(24)19-23-11-7-8-13-25(23)28/h7-9,11-13,15,22H,5-6,10,14,16-21H2,1-4H3. The average Bonchev–Trinajstić information content (AvgIpc) is 3.24. The van der Waals surface area contributed by atoms with E-state index in [9.17, 15) is 9.59 Å². The third kappa shape index (κ3) is 9.15. The van der Waals surface area contributed by atoms with Crippen molar-refractivity contribution in [3.63, 3.8) is 0 Å². The van der Waals surface area contributed by atoms with Crippen LogP contribution in [0, 0.1) is 5.92 Å². The van der Waals surface area contributed by atoms with Gasteiger partial charge in [-0.1, -0.05) is 57.0 Å². The first kappa shape index (κ1) is 27.9. The number of hydrogen-bond acceptors (Lipinski definition) is 3.